The number of rotatable bonds is 11. The summed E-state index contributed by atoms with van der Waals surface area (Å²) < 4.78 is 0. The van der Waals surface area contributed by atoms with Crippen LogP contribution in [0.1, 0.15) is 44.7 Å². The smallest absolute Gasteiger partial charge is 0.303 e. The van der Waals surface area contributed by atoms with Crippen LogP contribution in [0.2, 0.25) is 0 Å². The number of carbonyl (C=O) groups is 1. The zero-order valence-corrected chi connectivity index (χ0v) is 13.2. The Hall–Kier alpha value is -1.39. The predicted octanol–water partition coefficient (Wildman–Crippen LogP) is 2.91. The van der Waals surface area contributed by atoms with E-state index in [1.54, 1.807) is 0 Å². The van der Waals surface area contributed by atoms with E-state index < -0.39 is 5.97 Å². The first-order chi connectivity index (χ1) is 10.2. The monoisotopic (exact) mass is 292 g/mol. The van der Waals surface area contributed by atoms with Crippen LogP contribution < -0.4 is 5.32 Å². The molecule has 21 heavy (non-hydrogen) atoms. The molecule has 0 aliphatic heterocycles. The molecule has 0 heterocycles. The second-order valence-electron chi connectivity index (χ2n) is 5.20. The first kappa shape index (κ1) is 17.7. The summed E-state index contributed by atoms with van der Waals surface area (Å²) in [4.78, 5) is 12.9. The van der Waals surface area contributed by atoms with Crippen LogP contribution in [0, 0.1) is 0 Å². The molecule has 0 aliphatic rings. The van der Waals surface area contributed by atoms with Crippen LogP contribution in [0.15, 0.2) is 30.3 Å². The summed E-state index contributed by atoms with van der Waals surface area (Å²) in [5.74, 6) is -0.708. The molecule has 0 saturated carbocycles. The number of hydrogen-bond acceptors (Lipinski definition) is 3. The van der Waals surface area contributed by atoms with Gasteiger partial charge < -0.3 is 10.4 Å². The topological polar surface area (TPSA) is 52.6 Å². The van der Waals surface area contributed by atoms with Gasteiger partial charge in [0.15, 0.2) is 0 Å². The van der Waals surface area contributed by atoms with Gasteiger partial charge in [-0.1, -0.05) is 44.2 Å². The molecule has 0 aromatic heterocycles. The van der Waals surface area contributed by atoms with Crippen LogP contribution in [0.5, 0.6) is 0 Å². The lowest BCUT2D eigenvalue weighted by molar-refractivity contribution is -0.137. The number of hydrogen-bond donors (Lipinski definition) is 2. The van der Waals surface area contributed by atoms with Crippen molar-refractivity contribution in [3.8, 4) is 0 Å². The number of likely N-dealkylation sites (N-methyl/N-ethyl adjacent to an activating group) is 1. The Morgan fingerprint density at radius 2 is 1.86 bits per heavy atom. The van der Waals surface area contributed by atoms with Crippen molar-refractivity contribution in [2.45, 2.75) is 39.2 Å². The Kier molecular flexibility index (Phi) is 8.71. The third-order valence-corrected chi connectivity index (χ3v) is 3.77. The minimum Gasteiger partial charge on any atom is -0.481 e. The zero-order valence-electron chi connectivity index (χ0n) is 13.2. The molecule has 0 aliphatic carbocycles. The molecule has 118 valence electrons. The number of nitrogens with zero attached hydrogens (tertiary/aromatic N) is 1. The standard InChI is InChI=1S/C17H28N2O2/c1-3-19(4-2)16(15-10-6-5-7-11-15)14-18-13-9-8-12-17(20)21/h5-7,10-11,16,18H,3-4,8-9,12-14H2,1-2H3,(H,20,21). The molecular weight excluding hydrogens is 264 g/mol. The van der Waals surface area contributed by atoms with Gasteiger partial charge in [-0.3, -0.25) is 9.69 Å². The Morgan fingerprint density at radius 1 is 1.19 bits per heavy atom. The average molecular weight is 292 g/mol. The number of carboxylic acid groups (broad SMARTS) is 1. The highest BCUT2D eigenvalue weighted by molar-refractivity contribution is 5.66. The van der Waals surface area contributed by atoms with Crippen molar-refractivity contribution in [1.29, 1.82) is 0 Å². The molecule has 0 fully saturated rings. The summed E-state index contributed by atoms with van der Waals surface area (Å²) in [5, 5.41) is 12.1. The fourth-order valence-electron chi connectivity index (χ4n) is 2.56. The van der Waals surface area contributed by atoms with Crippen molar-refractivity contribution in [3.63, 3.8) is 0 Å². The van der Waals surface area contributed by atoms with Gasteiger partial charge in [-0.25, -0.2) is 0 Å². The van der Waals surface area contributed by atoms with Crippen molar-refractivity contribution < 1.29 is 9.90 Å². The van der Waals surface area contributed by atoms with Crippen LogP contribution in [-0.2, 0) is 4.79 Å². The first-order valence-electron chi connectivity index (χ1n) is 7.90. The molecule has 0 bridgehead atoms. The van der Waals surface area contributed by atoms with Gasteiger partial charge in [0.1, 0.15) is 0 Å². The third kappa shape index (κ3) is 6.74. The van der Waals surface area contributed by atoms with E-state index in [-0.39, 0.29) is 6.42 Å². The summed E-state index contributed by atoms with van der Waals surface area (Å²) in [7, 11) is 0. The summed E-state index contributed by atoms with van der Waals surface area (Å²) in [6, 6.07) is 10.9. The molecule has 0 amide bonds. The maximum absolute atomic E-state index is 10.5. The lowest BCUT2D eigenvalue weighted by atomic mass is 10.0. The van der Waals surface area contributed by atoms with Crippen molar-refractivity contribution in [3.05, 3.63) is 35.9 Å². The van der Waals surface area contributed by atoms with E-state index in [0.717, 1.165) is 39.0 Å². The van der Waals surface area contributed by atoms with Crippen LogP contribution in [0.25, 0.3) is 0 Å². The summed E-state index contributed by atoms with van der Waals surface area (Å²) in [6.07, 6.45) is 1.91. The predicted molar refractivity (Wildman–Crippen MR) is 86.5 cm³/mol. The maximum atomic E-state index is 10.5. The van der Waals surface area contributed by atoms with Gasteiger partial charge in [0, 0.05) is 19.0 Å². The molecule has 1 unspecified atom stereocenters. The third-order valence-electron chi connectivity index (χ3n) is 3.77. The van der Waals surface area contributed by atoms with Crippen molar-refractivity contribution in [1.82, 2.24) is 10.2 Å². The molecule has 2 N–H and O–H groups in total. The van der Waals surface area contributed by atoms with E-state index in [1.165, 1.54) is 5.56 Å². The normalized spacial score (nSPS) is 12.5. The van der Waals surface area contributed by atoms with Gasteiger partial charge in [-0.2, -0.15) is 0 Å². The van der Waals surface area contributed by atoms with Crippen LogP contribution >= 0.6 is 0 Å². The van der Waals surface area contributed by atoms with Gasteiger partial charge in [0.05, 0.1) is 0 Å². The molecule has 4 heteroatoms. The SMILES string of the molecule is CCN(CC)C(CNCCCCC(=O)O)c1ccccc1. The fourth-order valence-corrected chi connectivity index (χ4v) is 2.56. The van der Waals surface area contributed by atoms with Crippen molar-refractivity contribution in [2.24, 2.45) is 0 Å². The molecule has 0 spiro atoms. The van der Waals surface area contributed by atoms with Gasteiger partial charge in [0.2, 0.25) is 0 Å². The maximum Gasteiger partial charge on any atom is 0.303 e. The number of aliphatic carboxylic acids is 1. The van der Waals surface area contributed by atoms with Gasteiger partial charge >= 0.3 is 5.97 Å². The summed E-state index contributed by atoms with van der Waals surface area (Å²) in [5.41, 5.74) is 1.33. The molecular formula is C17H28N2O2. The fraction of sp³-hybridized carbons (Fsp3) is 0.588. The molecule has 1 atom stereocenters. The number of nitrogens with one attached hydrogen (secondary N) is 1. The Balaban J connectivity index is 2.45. The van der Waals surface area contributed by atoms with Crippen LogP contribution in [0.3, 0.4) is 0 Å². The first-order valence-corrected chi connectivity index (χ1v) is 7.90. The van der Waals surface area contributed by atoms with Crippen molar-refractivity contribution in [2.75, 3.05) is 26.2 Å². The molecule has 0 saturated heterocycles. The lowest BCUT2D eigenvalue weighted by Gasteiger charge is -2.30. The van der Waals surface area contributed by atoms with E-state index in [2.05, 4.69) is 48.3 Å². The quantitative estimate of drug-likeness (QED) is 0.616. The van der Waals surface area contributed by atoms with Crippen LogP contribution in [-0.4, -0.2) is 42.2 Å². The second kappa shape index (κ2) is 10.4. The minimum absolute atomic E-state index is 0.264. The van der Waals surface area contributed by atoms with E-state index >= 15 is 0 Å². The number of benzene rings is 1. The van der Waals surface area contributed by atoms with Gasteiger partial charge in [-0.05, 0) is 38.0 Å². The molecule has 1 aromatic carbocycles. The largest absolute Gasteiger partial charge is 0.481 e. The highest BCUT2D eigenvalue weighted by Crippen LogP contribution is 2.19. The molecule has 1 aromatic rings. The van der Waals surface area contributed by atoms with Crippen LogP contribution in [0.4, 0.5) is 0 Å². The van der Waals surface area contributed by atoms with Gasteiger partial charge in [-0.15, -0.1) is 0 Å². The van der Waals surface area contributed by atoms with E-state index in [0.29, 0.717) is 6.04 Å². The molecule has 0 radical (unpaired) electrons. The number of unbranched alkanes of at least 4 members (excludes halogenated alkanes) is 1. The Bertz CT molecular complexity index is 391. The Morgan fingerprint density at radius 3 is 2.43 bits per heavy atom. The van der Waals surface area contributed by atoms with E-state index in [1.807, 2.05) is 6.07 Å². The lowest BCUT2D eigenvalue weighted by Crippen LogP contribution is -2.36. The zero-order chi connectivity index (χ0) is 15.5. The summed E-state index contributed by atoms with van der Waals surface area (Å²) in [6.45, 7) is 8.20. The highest BCUT2D eigenvalue weighted by Gasteiger charge is 2.16. The number of carboxylic acids is 1. The highest BCUT2D eigenvalue weighted by atomic mass is 16.4. The van der Waals surface area contributed by atoms with Crippen molar-refractivity contribution >= 4 is 5.97 Å². The second-order valence-corrected chi connectivity index (χ2v) is 5.20. The minimum atomic E-state index is -0.708. The summed E-state index contributed by atoms with van der Waals surface area (Å²) >= 11 is 0. The molecule has 1 rings (SSSR count). The average Bonchev–Trinajstić information content (AvgIpc) is 2.50. The Labute approximate surface area is 128 Å². The van der Waals surface area contributed by atoms with E-state index in [9.17, 15) is 4.79 Å². The van der Waals surface area contributed by atoms with Gasteiger partial charge in [0.25, 0.3) is 0 Å². The van der Waals surface area contributed by atoms with E-state index in [4.69, 9.17) is 5.11 Å². The molecule has 4 nitrogen and oxygen atoms in total.